The molecule has 27 heavy (non-hydrogen) atoms. The van der Waals surface area contributed by atoms with Crippen molar-refractivity contribution in [1.82, 2.24) is 0 Å². The fourth-order valence-corrected chi connectivity index (χ4v) is 4.67. The average molecular weight is 395 g/mol. The van der Waals surface area contributed by atoms with Crippen molar-refractivity contribution in [2.45, 2.75) is 103 Å². The van der Waals surface area contributed by atoms with Gasteiger partial charge < -0.3 is 9.05 Å². The number of para-hydroxylation sites is 1. The lowest BCUT2D eigenvalue weighted by atomic mass is 9.98. The molecule has 1 saturated carbocycles. The summed E-state index contributed by atoms with van der Waals surface area (Å²) in [7, 11) is -1.29. The van der Waals surface area contributed by atoms with Crippen LogP contribution in [0.3, 0.4) is 0 Å². The highest BCUT2D eigenvalue weighted by Crippen LogP contribution is 2.44. The summed E-state index contributed by atoms with van der Waals surface area (Å²) >= 11 is 0. The van der Waals surface area contributed by atoms with Crippen LogP contribution in [0.15, 0.2) is 30.3 Å². The minimum Gasteiger partial charge on any atom is -0.427 e. The quantitative estimate of drug-likeness (QED) is 0.222. The van der Waals surface area contributed by atoms with Gasteiger partial charge in [-0.2, -0.15) is 0 Å². The molecular weight excluding hydrogens is 355 g/mol. The van der Waals surface area contributed by atoms with Crippen molar-refractivity contribution in [3.63, 3.8) is 0 Å². The van der Waals surface area contributed by atoms with Crippen molar-refractivity contribution in [2.75, 3.05) is 6.61 Å². The molecule has 0 bridgehead atoms. The summed E-state index contributed by atoms with van der Waals surface area (Å²) < 4.78 is 18.2. The lowest BCUT2D eigenvalue weighted by Crippen LogP contribution is -2.16. The second-order valence-corrected chi connectivity index (χ2v) is 8.75. The number of rotatable bonds is 15. The van der Waals surface area contributed by atoms with Crippen molar-refractivity contribution in [1.29, 1.82) is 0 Å². The van der Waals surface area contributed by atoms with E-state index < -0.39 is 8.60 Å². The van der Waals surface area contributed by atoms with Crippen molar-refractivity contribution in [3.8, 4) is 5.75 Å². The van der Waals surface area contributed by atoms with Crippen molar-refractivity contribution < 1.29 is 13.6 Å². The average Bonchev–Trinajstić information content (AvgIpc) is 2.71. The van der Waals surface area contributed by atoms with E-state index in [1.165, 1.54) is 70.6 Å². The molecule has 1 aromatic carbocycles. The largest absolute Gasteiger partial charge is 0.427 e. The molecule has 4 heteroatoms. The van der Waals surface area contributed by atoms with Crippen LogP contribution in [0.1, 0.15) is 96.8 Å². The molecule has 0 spiro atoms. The highest BCUT2D eigenvalue weighted by molar-refractivity contribution is 7.42. The van der Waals surface area contributed by atoms with Gasteiger partial charge in [-0.15, -0.1) is 0 Å². The molecule has 1 aliphatic rings. The Morgan fingerprint density at radius 3 is 2.11 bits per heavy atom. The summed E-state index contributed by atoms with van der Waals surface area (Å²) in [5.41, 5.74) is 0. The fourth-order valence-electron chi connectivity index (χ4n) is 3.49. The molecule has 1 unspecified atom stereocenters. The highest BCUT2D eigenvalue weighted by Gasteiger charge is 2.23. The summed E-state index contributed by atoms with van der Waals surface area (Å²) in [5.74, 6) is 0.839. The molecule has 1 aliphatic carbocycles. The van der Waals surface area contributed by atoms with Gasteiger partial charge in [-0.25, -0.2) is 0 Å². The van der Waals surface area contributed by atoms with E-state index in [9.17, 15) is 0 Å². The van der Waals surface area contributed by atoms with E-state index in [1.807, 2.05) is 30.3 Å². The molecular formula is C23H39O3P. The molecule has 1 aromatic rings. The molecule has 0 radical (unpaired) electrons. The van der Waals surface area contributed by atoms with Gasteiger partial charge in [0.05, 0.1) is 12.7 Å². The van der Waals surface area contributed by atoms with Gasteiger partial charge in [0, 0.05) is 0 Å². The molecule has 0 saturated heterocycles. The van der Waals surface area contributed by atoms with E-state index in [2.05, 4.69) is 6.92 Å². The van der Waals surface area contributed by atoms with E-state index in [1.54, 1.807) is 0 Å². The monoisotopic (exact) mass is 394 g/mol. The van der Waals surface area contributed by atoms with Crippen LogP contribution in [0.4, 0.5) is 0 Å². The summed E-state index contributed by atoms with van der Waals surface area (Å²) in [4.78, 5) is 0. The maximum atomic E-state index is 6.20. The molecule has 0 aliphatic heterocycles. The maximum Gasteiger partial charge on any atom is 0.397 e. The van der Waals surface area contributed by atoms with E-state index in [0.29, 0.717) is 6.10 Å². The van der Waals surface area contributed by atoms with Crippen LogP contribution in [-0.4, -0.2) is 12.7 Å². The third-order valence-electron chi connectivity index (χ3n) is 5.16. The van der Waals surface area contributed by atoms with Crippen molar-refractivity contribution in [3.05, 3.63) is 30.3 Å². The molecule has 1 fully saturated rings. The second-order valence-electron chi connectivity index (χ2n) is 7.66. The molecule has 0 N–H and O–H groups in total. The minimum atomic E-state index is -1.29. The fraction of sp³-hybridized carbons (Fsp3) is 0.739. The van der Waals surface area contributed by atoms with Gasteiger partial charge in [0.25, 0.3) is 0 Å². The first-order valence-corrected chi connectivity index (χ1v) is 12.3. The van der Waals surface area contributed by atoms with Crippen LogP contribution >= 0.6 is 8.60 Å². The topological polar surface area (TPSA) is 27.7 Å². The molecule has 2 rings (SSSR count). The van der Waals surface area contributed by atoms with Crippen molar-refractivity contribution >= 4 is 8.60 Å². The number of hydrogen-bond donors (Lipinski definition) is 0. The van der Waals surface area contributed by atoms with Gasteiger partial charge in [-0.3, -0.25) is 4.52 Å². The molecule has 1 atom stereocenters. The van der Waals surface area contributed by atoms with E-state index in [-0.39, 0.29) is 0 Å². The Morgan fingerprint density at radius 2 is 1.44 bits per heavy atom. The third kappa shape index (κ3) is 11.1. The van der Waals surface area contributed by atoms with Gasteiger partial charge in [-0.1, -0.05) is 95.8 Å². The molecule has 0 amide bonds. The van der Waals surface area contributed by atoms with E-state index >= 15 is 0 Å². The summed E-state index contributed by atoms with van der Waals surface area (Å²) in [6.07, 6.45) is 18.3. The zero-order chi connectivity index (χ0) is 19.0. The van der Waals surface area contributed by atoms with Gasteiger partial charge in [0.1, 0.15) is 5.75 Å². The first kappa shape index (κ1) is 22.7. The van der Waals surface area contributed by atoms with E-state index in [0.717, 1.165) is 31.6 Å². The van der Waals surface area contributed by atoms with E-state index in [4.69, 9.17) is 13.6 Å². The Balaban J connectivity index is 1.61. The first-order valence-electron chi connectivity index (χ1n) is 11.2. The van der Waals surface area contributed by atoms with Crippen LogP contribution in [-0.2, 0) is 9.05 Å². The third-order valence-corrected chi connectivity index (χ3v) is 6.38. The number of unbranched alkanes of at least 4 members (excludes halogenated alkanes) is 8. The first-order chi connectivity index (χ1) is 13.4. The molecule has 0 heterocycles. The predicted octanol–water partition coefficient (Wildman–Crippen LogP) is 8.19. The number of hydrogen-bond acceptors (Lipinski definition) is 3. The zero-order valence-electron chi connectivity index (χ0n) is 17.2. The maximum absolute atomic E-state index is 6.20. The lowest BCUT2D eigenvalue weighted by molar-refractivity contribution is 0.117. The standard InChI is InChI=1S/C23H39O3P/c1-2-3-4-5-6-7-8-9-16-21-24-27(25-22-17-12-10-13-18-22)26-23-19-14-11-15-20-23/h10,12-13,17-18,23H,2-9,11,14-16,19-21H2,1H3. The van der Waals surface area contributed by atoms with Crippen LogP contribution in [0, 0.1) is 0 Å². The lowest BCUT2D eigenvalue weighted by Gasteiger charge is -2.25. The van der Waals surface area contributed by atoms with Gasteiger partial charge >= 0.3 is 8.60 Å². The Labute approximate surface area is 168 Å². The molecule has 154 valence electrons. The molecule has 0 aromatic heterocycles. The SMILES string of the molecule is CCCCCCCCCCCOP(Oc1ccccc1)OC1CCCCC1. The van der Waals surface area contributed by atoms with Gasteiger partial charge in [0.2, 0.25) is 0 Å². The summed E-state index contributed by atoms with van der Waals surface area (Å²) in [6, 6.07) is 9.93. The molecule has 3 nitrogen and oxygen atoms in total. The number of benzene rings is 1. The summed E-state index contributed by atoms with van der Waals surface area (Å²) in [6.45, 7) is 3.01. The van der Waals surface area contributed by atoms with Gasteiger partial charge in [0.15, 0.2) is 0 Å². The Hall–Kier alpha value is -0.630. The zero-order valence-corrected chi connectivity index (χ0v) is 18.1. The van der Waals surface area contributed by atoms with Crippen LogP contribution in [0.25, 0.3) is 0 Å². The Kier molecular flexibility index (Phi) is 12.8. The van der Waals surface area contributed by atoms with Crippen LogP contribution < -0.4 is 4.52 Å². The highest BCUT2D eigenvalue weighted by atomic mass is 31.2. The summed E-state index contributed by atoms with van der Waals surface area (Å²) in [5, 5.41) is 0. The normalized spacial score (nSPS) is 16.3. The Bertz CT molecular complexity index is 448. The van der Waals surface area contributed by atoms with Gasteiger partial charge in [-0.05, 0) is 31.4 Å². The van der Waals surface area contributed by atoms with Crippen molar-refractivity contribution in [2.24, 2.45) is 0 Å². The Morgan fingerprint density at radius 1 is 0.815 bits per heavy atom. The predicted molar refractivity (Wildman–Crippen MR) is 115 cm³/mol. The smallest absolute Gasteiger partial charge is 0.397 e. The second kappa shape index (κ2) is 15.3. The minimum absolute atomic E-state index is 0.302. The van der Waals surface area contributed by atoms with Crippen LogP contribution in [0.2, 0.25) is 0 Å². The van der Waals surface area contributed by atoms with Crippen LogP contribution in [0.5, 0.6) is 5.75 Å².